The Morgan fingerprint density at radius 3 is 2.93 bits per heavy atom. The molecule has 74 valence electrons. The van der Waals surface area contributed by atoms with Crippen LogP contribution in [-0.4, -0.2) is 4.98 Å². The van der Waals surface area contributed by atoms with Gasteiger partial charge in [-0.3, -0.25) is 0 Å². The SMILES string of the molecule is CCC(N)c1cc2c(Cl)cccc2[nH]1. The van der Waals surface area contributed by atoms with Gasteiger partial charge < -0.3 is 10.7 Å². The first-order chi connectivity index (χ1) is 6.72. The topological polar surface area (TPSA) is 41.8 Å². The largest absolute Gasteiger partial charge is 0.357 e. The molecule has 0 aliphatic heterocycles. The normalized spacial score (nSPS) is 13.4. The molecule has 1 aromatic heterocycles. The lowest BCUT2D eigenvalue weighted by Gasteiger charge is -2.03. The molecule has 0 fully saturated rings. The Hall–Kier alpha value is -0.990. The summed E-state index contributed by atoms with van der Waals surface area (Å²) in [7, 11) is 0. The van der Waals surface area contributed by atoms with Gasteiger partial charge in [0.1, 0.15) is 0 Å². The summed E-state index contributed by atoms with van der Waals surface area (Å²) in [5, 5.41) is 1.82. The van der Waals surface area contributed by atoms with Gasteiger partial charge in [-0.1, -0.05) is 24.6 Å². The zero-order valence-electron chi connectivity index (χ0n) is 8.05. The van der Waals surface area contributed by atoms with Gasteiger partial charge in [0, 0.05) is 27.7 Å². The predicted octanol–water partition coefficient (Wildman–Crippen LogP) is 3.23. The van der Waals surface area contributed by atoms with E-state index in [1.807, 2.05) is 24.3 Å². The van der Waals surface area contributed by atoms with Crippen molar-refractivity contribution in [3.05, 3.63) is 35.0 Å². The van der Waals surface area contributed by atoms with Crippen LogP contribution in [0.4, 0.5) is 0 Å². The first-order valence-corrected chi connectivity index (χ1v) is 5.13. The summed E-state index contributed by atoms with van der Waals surface area (Å²) in [5.41, 5.74) is 8.04. The van der Waals surface area contributed by atoms with Crippen molar-refractivity contribution < 1.29 is 0 Å². The highest BCUT2D eigenvalue weighted by Gasteiger charge is 2.08. The highest BCUT2D eigenvalue weighted by Crippen LogP contribution is 2.26. The Morgan fingerprint density at radius 1 is 1.50 bits per heavy atom. The molecule has 0 radical (unpaired) electrons. The van der Waals surface area contributed by atoms with Crippen LogP contribution < -0.4 is 5.73 Å². The van der Waals surface area contributed by atoms with Gasteiger partial charge in [0.25, 0.3) is 0 Å². The Morgan fingerprint density at radius 2 is 2.29 bits per heavy atom. The van der Waals surface area contributed by atoms with Gasteiger partial charge in [-0.05, 0) is 24.6 Å². The number of aromatic amines is 1. The average Bonchev–Trinajstić information content (AvgIpc) is 2.62. The zero-order valence-corrected chi connectivity index (χ0v) is 8.81. The third kappa shape index (κ3) is 1.51. The quantitative estimate of drug-likeness (QED) is 0.782. The second-order valence-electron chi connectivity index (χ2n) is 3.44. The fourth-order valence-electron chi connectivity index (χ4n) is 1.56. The molecule has 2 rings (SSSR count). The molecule has 1 heterocycles. The fraction of sp³-hybridized carbons (Fsp3) is 0.273. The summed E-state index contributed by atoms with van der Waals surface area (Å²) in [6, 6.07) is 7.93. The van der Waals surface area contributed by atoms with Crippen molar-refractivity contribution >= 4 is 22.5 Å². The summed E-state index contributed by atoms with van der Waals surface area (Å²) in [4.78, 5) is 3.28. The predicted molar refractivity (Wildman–Crippen MR) is 60.5 cm³/mol. The van der Waals surface area contributed by atoms with E-state index in [0.717, 1.165) is 28.0 Å². The Labute approximate surface area is 88.1 Å². The van der Waals surface area contributed by atoms with Crippen molar-refractivity contribution in [3.63, 3.8) is 0 Å². The molecule has 1 unspecified atom stereocenters. The molecule has 0 bridgehead atoms. The second kappa shape index (κ2) is 3.64. The van der Waals surface area contributed by atoms with Crippen LogP contribution in [0.3, 0.4) is 0 Å². The van der Waals surface area contributed by atoms with Crippen LogP contribution in [0.15, 0.2) is 24.3 Å². The summed E-state index contributed by atoms with van der Waals surface area (Å²) in [5.74, 6) is 0. The van der Waals surface area contributed by atoms with E-state index in [1.54, 1.807) is 0 Å². The molecule has 0 saturated heterocycles. The maximum Gasteiger partial charge on any atom is 0.0499 e. The molecule has 3 heteroatoms. The van der Waals surface area contributed by atoms with E-state index in [1.165, 1.54) is 0 Å². The standard InChI is InChI=1S/C11H13ClN2/c1-2-9(13)11-6-7-8(12)4-3-5-10(7)14-11/h3-6,9,14H,2,13H2,1H3. The van der Waals surface area contributed by atoms with E-state index in [4.69, 9.17) is 17.3 Å². The summed E-state index contributed by atoms with van der Waals surface area (Å²) >= 11 is 6.06. The number of halogens is 1. The fourth-order valence-corrected chi connectivity index (χ4v) is 1.79. The van der Waals surface area contributed by atoms with Gasteiger partial charge in [0.05, 0.1) is 0 Å². The number of H-pyrrole nitrogens is 1. The van der Waals surface area contributed by atoms with Crippen LogP contribution in [0.1, 0.15) is 25.1 Å². The van der Waals surface area contributed by atoms with Crippen molar-refractivity contribution in [3.8, 4) is 0 Å². The molecule has 3 N–H and O–H groups in total. The van der Waals surface area contributed by atoms with Crippen LogP contribution in [-0.2, 0) is 0 Å². The first kappa shape index (κ1) is 9.56. The number of fused-ring (bicyclic) bond motifs is 1. The number of nitrogens with one attached hydrogen (secondary N) is 1. The molecule has 1 aromatic carbocycles. The molecule has 1 atom stereocenters. The van der Waals surface area contributed by atoms with Crippen molar-refractivity contribution in [1.82, 2.24) is 4.98 Å². The van der Waals surface area contributed by atoms with Crippen molar-refractivity contribution in [2.45, 2.75) is 19.4 Å². The summed E-state index contributed by atoms with van der Waals surface area (Å²) < 4.78 is 0. The van der Waals surface area contributed by atoms with Crippen LogP contribution >= 0.6 is 11.6 Å². The van der Waals surface area contributed by atoms with Crippen LogP contribution in [0.2, 0.25) is 5.02 Å². The molecule has 0 aliphatic rings. The van der Waals surface area contributed by atoms with Gasteiger partial charge in [-0.15, -0.1) is 0 Å². The zero-order chi connectivity index (χ0) is 10.1. The number of rotatable bonds is 2. The smallest absolute Gasteiger partial charge is 0.0499 e. The Balaban J connectivity index is 2.56. The minimum Gasteiger partial charge on any atom is -0.357 e. The van der Waals surface area contributed by atoms with Gasteiger partial charge >= 0.3 is 0 Å². The third-order valence-electron chi connectivity index (χ3n) is 2.47. The molecule has 0 amide bonds. The van der Waals surface area contributed by atoms with Crippen LogP contribution in [0, 0.1) is 0 Å². The van der Waals surface area contributed by atoms with Gasteiger partial charge in [0.2, 0.25) is 0 Å². The number of nitrogens with two attached hydrogens (primary N) is 1. The lowest BCUT2D eigenvalue weighted by atomic mass is 10.1. The Kier molecular flexibility index (Phi) is 2.48. The molecule has 0 spiro atoms. The lowest BCUT2D eigenvalue weighted by molar-refractivity contribution is 0.682. The van der Waals surface area contributed by atoms with Crippen LogP contribution in [0.5, 0.6) is 0 Å². The maximum absolute atomic E-state index is 6.06. The monoisotopic (exact) mass is 208 g/mol. The molecule has 2 nitrogen and oxygen atoms in total. The molecular weight excluding hydrogens is 196 g/mol. The number of aromatic nitrogens is 1. The minimum absolute atomic E-state index is 0.0680. The summed E-state index contributed by atoms with van der Waals surface area (Å²) in [6.45, 7) is 2.07. The number of hydrogen-bond donors (Lipinski definition) is 2. The van der Waals surface area contributed by atoms with E-state index in [2.05, 4.69) is 11.9 Å². The minimum atomic E-state index is 0.0680. The maximum atomic E-state index is 6.06. The van der Waals surface area contributed by atoms with Gasteiger partial charge in [-0.25, -0.2) is 0 Å². The number of hydrogen-bond acceptors (Lipinski definition) is 1. The highest BCUT2D eigenvalue weighted by molar-refractivity contribution is 6.35. The molecule has 0 saturated carbocycles. The van der Waals surface area contributed by atoms with Crippen molar-refractivity contribution in [2.75, 3.05) is 0 Å². The van der Waals surface area contributed by atoms with Crippen LogP contribution in [0.25, 0.3) is 10.9 Å². The third-order valence-corrected chi connectivity index (χ3v) is 2.80. The molecular formula is C11H13ClN2. The summed E-state index contributed by atoms with van der Waals surface area (Å²) in [6.07, 6.45) is 0.921. The molecule has 0 aliphatic carbocycles. The van der Waals surface area contributed by atoms with Crippen molar-refractivity contribution in [2.24, 2.45) is 5.73 Å². The average molecular weight is 209 g/mol. The van der Waals surface area contributed by atoms with E-state index in [9.17, 15) is 0 Å². The van der Waals surface area contributed by atoms with Crippen molar-refractivity contribution in [1.29, 1.82) is 0 Å². The molecule has 2 aromatic rings. The van der Waals surface area contributed by atoms with E-state index < -0.39 is 0 Å². The van der Waals surface area contributed by atoms with Gasteiger partial charge in [-0.2, -0.15) is 0 Å². The van der Waals surface area contributed by atoms with E-state index >= 15 is 0 Å². The second-order valence-corrected chi connectivity index (χ2v) is 3.85. The lowest BCUT2D eigenvalue weighted by Crippen LogP contribution is -2.08. The Bertz CT molecular complexity index is 447. The first-order valence-electron chi connectivity index (χ1n) is 4.75. The number of benzene rings is 1. The van der Waals surface area contributed by atoms with E-state index in [0.29, 0.717) is 0 Å². The van der Waals surface area contributed by atoms with Gasteiger partial charge in [0.15, 0.2) is 0 Å². The highest BCUT2D eigenvalue weighted by atomic mass is 35.5. The van der Waals surface area contributed by atoms with E-state index in [-0.39, 0.29) is 6.04 Å². The molecule has 14 heavy (non-hydrogen) atoms.